The maximum Gasteiger partial charge on any atom is 0.274 e. The molecule has 3 aromatic rings. The molecule has 0 saturated carbocycles. The van der Waals surface area contributed by atoms with Crippen LogP contribution >= 0.6 is 0 Å². The normalized spacial score (nSPS) is 16.7. The van der Waals surface area contributed by atoms with E-state index in [1.807, 2.05) is 35.8 Å². The van der Waals surface area contributed by atoms with Gasteiger partial charge in [-0.15, -0.1) is 0 Å². The first kappa shape index (κ1) is 28.6. The van der Waals surface area contributed by atoms with Crippen LogP contribution in [0.2, 0.25) is 0 Å². The predicted molar refractivity (Wildman–Crippen MR) is 155 cm³/mol. The summed E-state index contributed by atoms with van der Waals surface area (Å²) in [6.07, 6.45) is 3.75. The van der Waals surface area contributed by atoms with Crippen molar-refractivity contribution in [3.05, 3.63) is 59.0 Å². The summed E-state index contributed by atoms with van der Waals surface area (Å²) in [7, 11) is 1.63. The molecule has 1 fully saturated rings. The molecule has 218 valence electrons. The smallest absolute Gasteiger partial charge is 0.274 e. The summed E-state index contributed by atoms with van der Waals surface area (Å²) in [4.78, 5) is 30.4. The van der Waals surface area contributed by atoms with Gasteiger partial charge in [0, 0.05) is 43.7 Å². The number of rotatable bonds is 7. The van der Waals surface area contributed by atoms with Gasteiger partial charge in [0.25, 0.3) is 5.91 Å². The fraction of sp³-hybridized carbons (Fsp3) is 0.469. The molecule has 1 aliphatic heterocycles. The Morgan fingerprint density at radius 2 is 1.85 bits per heavy atom. The second-order valence-electron chi connectivity index (χ2n) is 11.2. The quantitative estimate of drug-likeness (QED) is 0.384. The number of nitrogens with zero attached hydrogens (tertiary/aromatic N) is 4. The zero-order valence-corrected chi connectivity index (χ0v) is 24.6. The molecule has 2 aromatic carbocycles. The van der Waals surface area contributed by atoms with Gasteiger partial charge in [0.1, 0.15) is 5.82 Å². The molecule has 0 bridgehead atoms. The number of hydrogen-bond acceptors (Lipinski definition) is 5. The molecule has 2 aliphatic rings. The van der Waals surface area contributed by atoms with Gasteiger partial charge in [-0.3, -0.25) is 9.59 Å². The highest BCUT2D eigenvalue weighted by Gasteiger charge is 2.35. The number of ether oxygens (including phenoxy) is 2. The number of fused-ring (bicyclic) bond motifs is 3. The molecule has 2 amide bonds. The third-order valence-corrected chi connectivity index (χ3v) is 7.92. The zero-order valence-electron chi connectivity index (χ0n) is 24.6. The molecule has 1 saturated heterocycles. The minimum Gasteiger partial charge on any atom is -0.493 e. The Kier molecular flexibility index (Phi) is 8.33. The van der Waals surface area contributed by atoms with Crippen LogP contribution in [-0.4, -0.2) is 70.3 Å². The van der Waals surface area contributed by atoms with Crippen molar-refractivity contribution in [3.8, 4) is 28.4 Å². The monoisotopic (exact) mass is 562 g/mol. The molecule has 2 heterocycles. The summed E-state index contributed by atoms with van der Waals surface area (Å²) in [6.45, 7) is 9.30. The van der Waals surface area contributed by atoms with Crippen LogP contribution in [0.15, 0.2) is 36.4 Å². The lowest BCUT2D eigenvalue weighted by Gasteiger charge is -2.31. The maximum absolute atomic E-state index is 14.2. The van der Waals surface area contributed by atoms with Crippen molar-refractivity contribution in [1.29, 1.82) is 0 Å². The van der Waals surface area contributed by atoms with Gasteiger partial charge in [0.05, 0.1) is 24.6 Å². The number of halogens is 1. The van der Waals surface area contributed by atoms with Crippen LogP contribution in [0.4, 0.5) is 4.39 Å². The van der Waals surface area contributed by atoms with Gasteiger partial charge in [-0.2, -0.15) is 5.10 Å². The van der Waals surface area contributed by atoms with E-state index in [0.717, 1.165) is 35.2 Å². The summed E-state index contributed by atoms with van der Waals surface area (Å²) in [5, 5.41) is 4.91. The fourth-order valence-electron chi connectivity index (χ4n) is 6.09. The molecular formula is C32H39FN4O4. The summed E-state index contributed by atoms with van der Waals surface area (Å²) < 4.78 is 27.4. The highest BCUT2D eigenvalue weighted by atomic mass is 19.1. The molecule has 1 unspecified atom stereocenters. The van der Waals surface area contributed by atoms with E-state index >= 15 is 0 Å². The topological polar surface area (TPSA) is 76.9 Å². The minimum atomic E-state index is -0.342. The zero-order chi connectivity index (χ0) is 29.3. The standard InChI is InChI=1S/C32H39FN4O4/c1-6-8-25-19-35(15-7-16-36(25)21(4)38)32(39)30-26-14-9-22-17-28(40-5)29(41-20(2)3)18-27(22)31(26)37(34-30)24-12-10-23(33)11-13-24/h10-13,17-18,20,25H,6-9,14-16,19H2,1-5H3. The van der Waals surface area contributed by atoms with E-state index in [1.54, 1.807) is 30.8 Å². The molecule has 0 radical (unpaired) electrons. The lowest BCUT2D eigenvalue weighted by atomic mass is 9.88. The molecule has 8 nitrogen and oxygen atoms in total. The van der Waals surface area contributed by atoms with Crippen LogP contribution < -0.4 is 9.47 Å². The van der Waals surface area contributed by atoms with E-state index in [4.69, 9.17) is 14.6 Å². The SMILES string of the molecule is CCCC1CN(C(=O)c2nn(-c3ccc(F)cc3)c3c2CCc2cc(OC)c(OC(C)C)cc2-3)CCCN1C(C)=O. The number of benzene rings is 2. The summed E-state index contributed by atoms with van der Waals surface area (Å²) >= 11 is 0. The second-order valence-corrected chi connectivity index (χ2v) is 11.2. The Morgan fingerprint density at radius 3 is 2.51 bits per heavy atom. The van der Waals surface area contributed by atoms with Gasteiger partial charge in [0.2, 0.25) is 5.91 Å². The minimum absolute atomic E-state index is 0.0251. The van der Waals surface area contributed by atoms with E-state index in [9.17, 15) is 14.0 Å². The largest absolute Gasteiger partial charge is 0.493 e. The lowest BCUT2D eigenvalue weighted by molar-refractivity contribution is -0.131. The van der Waals surface area contributed by atoms with Crippen LogP contribution in [0.25, 0.3) is 16.9 Å². The van der Waals surface area contributed by atoms with Crippen LogP contribution in [0.3, 0.4) is 0 Å². The van der Waals surface area contributed by atoms with Crippen LogP contribution in [0.5, 0.6) is 11.5 Å². The Labute approximate surface area is 241 Å². The molecule has 0 spiro atoms. The molecular weight excluding hydrogens is 523 g/mol. The van der Waals surface area contributed by atoms with E-state index in [2.05, 4.69) is 6.92 Å². The third kappa shape index (κ3) is 5.67. The van der Waals surface area contributed by atoms with Gasteiger partial charge in [0.15, 0.2) is 17.2 Å². The molecule has 5 rings (SSSR count). The molecule has 1 aliphatic carbocycles. The number of amides is 2. The average molecular weight is 563 g/mol. The predicted octanol–water partition coefficient (Wildman–Crippen LogP) is 5.44. The fourth-order valence-corrected chi connectivity index (χ4v) is 6.09. The van der Waals surface area contributed by atoms with Crippen molar-refractivity contribution in [3.63, 3.8) is 0 Å². The number of aryl methyl sites for hydroxylation is 1. The molecule has 1 aromatic heterocycles. The second kappa shape index (κ2) is 11.9. The summed E-state index contributed by atoms with van der Waals surface area (Å²) in [6, 6.07) is 10.1. The first-order valence-electron chi connectivity index (χ1n) is 14.5. The van der Waals surface area contributed by atoms with Crippen LogP contribution in [0, 0.1) is 5.82 Å². The van der Waals surface area contributed by atoms with Gasteiger partial charge in [-0.1, -0.05) is 13.3 Å². The molecule has 0 N–H and O–H groups in total. The Bertz CT molecular complexity index is 1430. The number of carbonyl (C=O) groups is 2. The van der Waals surface area contributed by atoms with E-state index in [-0.39, 0.29) is 29.8 Å². The summed E-state index contributed by atoms with van der Waals surface area (Å²) in [5.41, 5.74) is 4.74. The first-order valence-corrected chi connectivity index (χ1v) is 14.5. The highest BCUT2D eigenvalue weighted by molar-refractivity contribution is 5.96. The van der Waals surface area contributed by atoms with Crippen molar-refractivity contribution in [2.45, 2.75) is 71.9 Å². The van der Waals surface area contributed by atoms with E-state index in [1.165, 1.54) is 12.1 Å². The van der Waals surface area contributed by atoms with Gasteiger partial charge >= 0.3 is 0 Å². The number of aromatic nitrogens is 2. The van der Waals surface area contributed by atoms with Crippen LogP contribution in [0.1, 0.15) is 68.6 Å². The maximum atomic E-state index is 14.2. The number of hydrogen-bond donors (Lipinski definition) is 0. The van der Waals surface area contributed by atoms with Crippen molar-refractivity contribution in [2.75, 3.05) is 26.7 Å². The van der Waals surface area contributed by atoms with Crippen molar-refractivity contribution >= 4 is 11.8 Å². The highest BCUT2D eigenvalue weighted by Crippen LogP contribution is 2.43. The average Bonchev–Trinajstić information content (AvgIpc) is 3.20. The Morgan fingerprint density at radius 1 is 1.10 bits per heavy atom. The lowest BCUT2D eigenvalue weighted by Crippen LogP contribution is -2.45. The van der Waals surface area contributed by atoms with Gasteiger partial charge < -0.3 is 19.3 Å². The number of methoxy groups -OCH3 is 1. The van der Waals surface area contributed by atoms with Crippen LogP contribution in [-0.2, 0) is 17.6 Å². The van der Waals surface area contributed by atoms with Crippen molar-refractivity contribution in [2.24, 2.45) is 0 Å². The Hall–Kier alpha value is -3.88. The van der Waals surface area contributed by atoms with Gasteiger partial charge in [-0.25, -0.2) is 9.07 Å². The molecule has 9 heteroatoms. The Balaban J connectivity index is 1.62. The van der Waals surface area contributed by atoms with E-state index in [0.29, 0.717) is 61.8 Å². The van der Waals surface area contributed by atoms with Crippen molar-refractivity contribution in [1.82, 2.24) is 19.6 Å². The summed E-state index contributed by atoms with van der Waals surface area (Å²) in [5.74, 6) is 0.844. The van der Waals surface area contributed by atoms with E-state index < -0.39 is 0 Å². The molecule has 1 atom stereocenters. The van der Waals surface area contributed by atoms with Crippen molar-refractivity contribution < 1.29 is 23.5 Å². The number of carbonyl (C=O) groups excluding carboxylic acids is 2. The third-order valence-electron chi connectivity index (χ3n) is 7.92. The first-order chi connectivity index (χ1) is 19.7. The van der Waals surface area contributed by atoms with Gasteiger partial charge in [-0.05, 0) is 81.5 Å². The molecule has 41 heavy (non-hydrogen) atoms.